The summed E-state index contributed by atoms with van der Waals surface area (Å²) in [7, 11) is 0. The molecule has 19 heavy (non-hydrogen) atoms. The lowest BCUT2D eigenvalue weighted by atomic mass is 9.75. The largest absolute Gasteiger partial charge is 0.310 e. The molecule has 1 nitrogen and oxygen atoms in total. The lowest BCUT2D eigenvalue weighted by Gasteiger charge is -2.35. The van der Waals surface area contributed by atoms with E-state index in [9.17, 15) is 0 Å². The van der Waals surface area contributed by atoms with Crippen LogP contribution in [0.4, 0.5) is 0 Å². The Morgan fingerprint density at radius 1 is 1.21 bits per heavy atom. The van der Waals surface area contributed by atoms with Gasteiger partial charge in [0.25, 0.3) is 0 Å². The van der Waals surface area contributed by atoms with E-state index in [4.69, 9.17) is 0 Å². The van der Waals surface area contributed by atoms with Gasteiger partial charge in [-0.25, -0.2) is 0 Å². The van der Waals surface area contributed by atoms with Gasteiger partial charge < -0.3 is 5.32 Å². The number of nitrogens with one attached hydrogen (secondary N) is 1. The number of rotatable bonds is 4. The first kappa shape index (κ1) is 14.6. The maximum Gasteiger partial charge on any atom is 0.0353 e. The number of benzene rings is 1. The first-order chi connectivity index (χ1) is 8.94. The van der Waals surface area contributed by atoms with Gasteiger partial charge in [0.15, 0.2) is 0 Å². The van der Waals surface area contributed by atoms with Crippen molar-refractivity contribution in [2.45, 2.75) is 59.9 Å². The van der Waals surface area contributed by atoms with Gasteiger partial charge in [-0.1, -0.05) is 56.5 Å². The first-order valence-electron chi connectivity index (χ1n) is 7.75. The summed E-state index contributed by atoms with van der Waals surface area (Å²) >= 11 is 0. The molecular formula is C18H29N. The van der Waals surface area contributed by atoms with Gasteiger partial charge in [-0.05, 0) is 50.1 Å². The second-order valence-corrected chi connectivity index (χ2v) is 6.94. The van der Waals surface area contributed by atoms with Gasteiger partial charge in [0.1, 0.15) is 0 Å². The van der Waals surface area contributed by atoms with Crippen molar-refractivity contribution in [1.82, 2.24) is 5.32 Å². The molecule has 1 aliphatic carbocycles. The van der Waals surface area contributed by atoms with Crippen LogP contribution < -0.4 is 5.32 Å². The Morgan fingerprint density at radius 2 is 1.84 bits per heavy atom. The van der Waals surface area contributed by atoms with E-state index >= 15 is 0 Å². The molecule has 2 rings (SSSR count). The fourth-order valence-corrected chi connectivity index (χ4v) is 3.87. The van der Waals surface area contributed by atoms with Gasteiger partial charge >= 0.3 is 0 Å². The van der Waals surface area contributed by atoms with E-state index in [2.05, 4.69) is 58.1 Å². The Hall–Kier alpha value is -0.820. The van der Waals surface area contributed by atoms with E-state index < -0.39 is 0 Å². The van der Waals surface area contributed by atoms with Gasteiger partial charge in [-0.15, -0.1) is 0 Å². The highest BCUT2D eigenvalue weighted by molar-refractivity contribution is 5.31. The summed E-state index contributed by atoms with van der Waals surface area (Å²) in [4.78, 5) is 0. The van der Waals surface area contributed by atoms with Crippen LogP contribution in [0.1, 0.15) is 62.8 Å². The molecule has 0 radical (unpaired) electrons. The maximum atomic E-state index is 3.75. The SMILES string of the molecule is CCNC(c1cc(C)cc(C)c1)C1CCCC1(C)C. The van der Waals surface area contributed by atoms with E-state index in [0.717, 1.165) is 12.5 Å². The Bertz CT molecular complexity index is 413. The van der Waals surface area contributed by atoms with Crippen LogP contribution >= 0.6 is 0 Å². The van der Waals surface area contributed by atoms with E-state index in [1.807, 2.05) is 0 Å². The summed E-state index contributed by atoms with van der Waals surface area (Å²) in [5.41, 5.74) is 4.71. The Kier molecular flexibility index (Phi) is 4.35. The van der Waals surface area contributed by atoms with Crippen LogP contribution in [0.2, 0.25) is 0 Å². The van der Waals surface area contributed by atoms with Gasteiger partial charge in [-0.3, -0.25) is 0 Å². The number of hydrogen-bond donors (Lipinski definition) is 1. The smallest absolute Gasteiger partial charge is 0.0353 e. The van der Waals surface area contributed by atoms with E-state index in [1.165, 1.54) is 36.0 Å². The highest BCUT2D eigenvalue weighted by atomic mass is 14.9. The molecule has 0 aliphatic heterocycles. The summed E-state index contributed by atoms with van der Waals surface area (Å²) in [6, 6.07) is 7.52. The third-order valence-corrected chi connectivity index (χ3v) is 4.77. The second kappa shape index (κ2) is 5.66. The zero-order chi connectivity index (χ0) is 14.0. The van der Waals surface area contributed by atoms with Crippen molar-refractivity contribution >= 4 is 0 Å². The average molecular weight is 259 g/mol. The molecule has 1 aromatic rings. The Morgan fingerprint density at radius 3 is 2.32 bits per heavy atom. The molecule has 0 amide bonds. The highest BCUT2D eigenvalue weighted by Crippen LogP contribution is 2.48. The van der Waals surface area contributed by atoms with Crippen LogP contribution in [0.25, 0.3) is 0 Å². The van der Waals surface area contributed by atoms with Gasteiger partial charge in [0, 0.05) is 6.04 Å². The first-order valence-corrected chi connectivity index (χ1v) is 7.75. The molecule has 1 saturated carbocycles. The number of aryl methyl sites for hydroxylation is 2. The van der Waals surface area contributed by atoms with Crippen LogP contribution in [-0.4, -0.2) is 6.54 Å². The minimum absolute atomic E-state index is 0.463. The van der Waals surface area contributed by atoms with Gasteiger partial charge in [0.2, 0.25) is 0 Å². The molecule has 0 spiro atoms. The van der Waals surface area contributed by atoms with Crippen LogP contribution in [0.3, 0.4) is 0 Å². The summed E-state index contributed by atoms with van der Waals surface area (Å²) in [6.45, 7) is 12.6. The van der Waals surface area contributed by atoms with Crippen molar-refractivity contribution in [3.05, 3.63) is 34.9 Å². The summed E-state index contributed by atoms with van der Waals surface area (Å²) in [6.07, 6.45) is 4.10. The van der Waals surface area contributed by atoms with Crippen molar-refractivity contribution in [2.24, 2.45) is 11.3 Å². The van der Waals surface area contributed by atoms with Crippen molar-refractivity contribution in [2.75, 3.05) is 6.54 Å². The minimum Gasteiger partial charge on any atom is -0.310 e. The third kappa shape index (κ3) is 3.20. The van der Waals surface area contributed by atoms with Crippen molar-refractivity contribution in [1.29, 1.82) is 0 Å². The zero-order valence-corrected chi connectivity index (χ0v) is 13.2. The Balaban J connectivity index is 2.34. The molecule has 1 fully saturated rings. The van der Waals surface area contributed by atoms with Crippen LogP contribution in [0.5, 0.6) is 0 Å². The molecule has 0 aromatic heterocycles. The normalized spacial score (nSPS) is 23.5. The molecular weight excluding hydrogens is 230 g/mol. The minimum atomic E-state index is 0.463. The fourth-order valence-electron chi connectivity index (χ4n) is 3.87. The lowest BCUT2D eigenvalue weighted by Crippen LogP contribution is -2.34. The molecule has 1 heteroatoms. The molecule has 1 aromatic carbocycles. The molecule has 2 atom stereocenters. The van der Waals surface area contributed by atoms with Crippen LogP contribution in [0.15, 0.2) is 18.2 Å². The Labute approximate surface area is 118 Å². The third-order valence-electron chi connectivity index (χ3n) is 4.77. The molecule has 2 unspecified atom stereocenters. The summed E-state index contributed by atoms with van der Waals surface area (Å²) in [5.74, 6) is 0.758. The topological polar surface area (TPSA) is 12.0 Å². The molecule has 0 heterocycles. The molecule has 0 bridgehead atoms. The number of hydrogen-bond acceptors (Lipinski definition) is 1. The molecule has 1 aliphatic rings. The second-order valence-electron chi connectivity index (χ2n) is 6.94. The average Bonchev–Trinajstić information content (AvgIpc) is 2.64. The molecule has 106 valence electrons. The molecule has 1 N–H and O–H groups in total. The molecule has 0 saturated heterocycles. The van der Waals surface area contributed by atoms with Gasteiger partial charge in [0.05, 0.1) is 0 Å². The predicted octanol–water partition coefficient (Wildman–Crippen LogP) is 4.78. The van der Waals surface area contributed by atoms with Gasteiger partial charge in [-0.2, -0.15) is 0 Å². The quantitative estimate of drug-likeness (QED) is 0.820. The monoisotopic (exact) mass is 259 g/mol. The zero-order valence-electron chi connectivity index (χ0n) is 13.2. The summed E-state index contributed by atoms with van der Waals surface area (Å²) < 4.78 is 0. The van der Waals surface area contributed by atoms with Crippen molar-refractivity contribution in [3.63, 3.8) is 0 Å². The van der Waals surface area contributed by atoms with Crippen molar-refractivity contribution in [3.8, 4) is 0 Å². The highest BCUT2D eigenvalue weighted by Gasteiger charge is 2.39. The van der Waals surface area contributed by atoms with Crippen LogP contribution in [0, 0.1) is 25.2 Å². The lowest BCUT2D eigenvalue weighted by molar-refractivity contribution is 0.199. The predicted molar refractivity (Wildman–Crippen MR) is 83.5 cm³/mol. The van der Waals surface area contributed by atoms with E-state index in [-0.39, 0.29) is 0 Å². The van der Waals surface area contributed by atoms with Crippen molar-refractivity contribution < 1.29 is 0 Å². The summed E-state index contributed by atoms with van der Waals surface area (Å²) in [5, 5.41) is 3.75. The van der Waals surface area contributed by atoms with E-state index in [0.29, 0.717) is 11.5 Å². The van der Waals surface area contributed by atoms with E-state index in [1.54, 1.807) is 0 Å². The maximum absolute atomic E-state index is 3.75. The van der Waals surface area contributed by atoms with Crippen LogP contribution in [-0.2, 0) is 0 Å². The fraction of sp³-hybridized carbons (Fsp3) is 0.667. The standard InChI is InChI=1S/C18H29N/c1-6-19-17(16-8-7-9-18(16,4)5)15-11-13(2)10-14(3)12-15/h10-12,16-17,19H,6-9H2,1-5H3.